The highest BCUT2D eigenvalue weighted by molar-refractivity contribution is 6.04. The third-order valence-electron chi connectivity index (χ3n) is 8.79. The summed E-state index contributed by atoms with van der Waals surface area (Å²) in [5.74, 6) is 1.88. The van der Waals surface area contributed by atoms with E-state index in [0.717, 1.165) is 44.1 Å². The van der Waals surface area contributed by atoms with Gasteiger partial charge in [0, 0.05) is 18.9 Å². The molecule has 0 aliphatic heterocycles. The molecule has 148 valence electrons. The molecular formula is C23H32O4. The number of hydrogen-bond donors (Lipinski definition) is 0. The Kier molecular flexibility index (Phi) is 4.40. The van der Waals surface area contributed by atoms with Crippen LogP contribution in [0.1, 0.15) is 72.6 Å². The van der Waals surface area contributed by atoms with Crippen molar-refractivity contribution >= 4 is 17.5 Å². The number of carbonyl (C=O) groups is 3. The summed E-state index contributed by atoms with van der Waals surface area (Å²) >= 11 is 0. The van der Waals surface area contributed by atoms with Crippen molar-refractivity contribution in [1.82, 2.24) is 0 Å². The Balaban J connectivity index is 1.60. The predicted octanol–water partition coefficient (Wildman–Crippen LogP) is 4.27. The minimum absolute atomic E-state index is 0.0409. The number of rotatable bonds is 2. The summed E-state index contributed by atoms with van der Waals surface area (Å²) < 4.78 is 5.52. The van der Waals surface area contributed by atoms with Crippen LogP contribution in [0.15, 0.2) is 11.6 Å². The van der Waals surface area contributed by atoms with Crippen molar-refractivity contribution in [3.05, 3.63) is 11.6 Å². The van der Waals surface area contributed by atoms with E-state index < -0.39 is 5.41 Å². The largest absolute Gasteiger partial charge is 0.463 e. The molecule has 0 spiro atoms. The summed E-state index contributed by atoms with van der Waals surface area (Å²) in [7, 11) is 0. The first-order chi connectivity index (χ1) is 12.7. The molecule has 0 N–H and O–H groups in total. The van der Waals surface area contributed by atoms with Crippen LogP contribution in [0.3, 0.4) is 0 Å². The van der Waals surface area contributed by atoms with Gasteiger partial charge in [-0.05, 0) is 81.5 Å². The highest BCUT2D eigenvalue weighted by atomic mass is 16.5. The Morgan fingerprint density at radius 1 is 1.11 bits per heavy atom. The zero-order valence-electron chi connectivity index (χ0n) is 17.0. The molecule has 4 aliphatic rings. The van der Waals surface area contributed by atoms with Crippen molar-refractivity contribution in [3.63, 3.8) is 0 Å². The average molecular weight is 373 g/mol. The van der Waals surface area contributed by atoms with Crippen molar-refractivity contribution in [2.45, 2.75) is 78.7 Å². The van der Waals surface area contributed by atoms with Gasteiger partial charge in [-0.25, -0.2) is 0 Å². The molecule has 0 aromatic rings. The molecule has 3 fully saturated rings. The Labute approximate surface area is 162 Å². The zero-order valence-corrected chi connectivity index (χ0v) is 17.0. The summed E-state index contributed by atoms with van der Waals surface area (Å²) in [6.45, 7) is 7.50. The Hall–Kier alpha value is -1.45. The van der Waals surface area contributed by atoms with Crippen LogP contribution in [0.4, 0.5) is 0 Å². The average Bonchev–Trinajstić information content (AvgIpc) is 2.95. The summed E-state index contributed by atoms with van der Waals surface area (Å²) in [4.78, 5) is 36.9. The van der Waals surface area contributed by atoms with Crippen LogP contribution in [0.5, 0.6) is 0 Å². The molecule has 7 atom stereocenters. The van der Waals surface area contributed by atoms with Gasteiger partial charge in [0.15, 0.2) is 5.78 Å². The van der Waals surface area contributed by atoms with E-state index in [0.29, 0.717) is 24.2 Å². The van der Waals surface area contributed by atoms with Gasteiger partial charge < -0.3 is 4.74 Å². The molecule has 0 amide bonds. The maximum atomic E-state index is 13.3. The normalized spacial score (nSPS) is 46.0. The van der Waals surface area contributed by atoms with Crippen molar-refractivity contribution in [1.29, 1.82) is 0 Å². The van der Waals surface area contributed by atoms with Crippen LogP contribution in [0, 0.1) is 34.5 Å². The predicted molar refractivity (Wildman–Crippen MR) is 102 cm³/mol. The summed E-state index contributed by atoms with van der Waals surface area (Å²) in [6, 6.07) is 0. The van der Waals surface area contributed by atoms with Crippen molar-refractivity contribution < 1.29 is 19.1 Å². The van der Waals surface area contributed by atoms with Crippen LogP contribution in [-0.4, -0.2) is 23.6 Å². The lowest BCUT2D eigenvalue weighted by Crippen LogP contribution is -2.57. The van der Waals surface area contributed by atoms with Gasteiger partial charge in [-0.3, -0.25) is 14.4 Å². The minimum Gasteiger partial charge on any atom is -0.463 e. The second kappa shape index (κ2) is 6.28. The maximum Gasteiger partial charge on any atom is 0.302 e. The van der Waals surface area contributed by atoms with Gasteiger partial charge in [-0.1, -0.05) is 13.0 Å². The van der Waals surface area contributed by atoms with Crippen LogP contribution < -0.4 is 0 Å². The number of fused-ring (bicyclic) bond motifs is 5. The lowest BCUT2D eigenvalue weighted by Gasteiger charge is -2.60. The number of allylic oxidation sites excluding steroid dienone is 2. The zero-order chi connectivity index (χ0) is 19.6. The van der Waals surface area contributed by atoms with E-state index >= 15 is 0 Å². The van der Waals surface area contributed by atoms with E-state index in [1.165, 1.54) is 6.92 Å². The van der Waals surface area contributed by atoms with Gasteiger partial charge in [0.1, 0.15) is 11.9 Å². The highest BCUT2D eigenvalue weighted by Gasteiger charge is 2.62. The van der Waals surface area contributed by atoms with Gasteiger partial charge in [-0.2, -0.15) is 0 Å². The van der Waals surface area contributed by atoms with Crippen LogP contribution >= 0.6 is 0 Å². The van der Waals surface area contributed by atoms with Crippen LogP contribution in [0.25, 0.3) is 0 Å². The fourth-order valence-corrected chi connectivity index (χ4v) is 7.38. The van der Waals surface area contributed by atoms with Crippen molar-refractivity contribution in [2.24, 2.45) is 34.5 Å². The smallest absolute Gasteiger partial charge is 0.302 e. The van der Waals surface area contributed by atoms with Crippen molar-refractivity contribution in [2.75, 3.05) is 0 Å². The van der Waals surface area contributed by atoms with Crippen LogP contribution in [0.2, 0.25) is 0 Å². The topological polar surface area (TPSA) is 60.4 Å². The van der Waals surface area contributed by atoms with Gasteiger partial charge in [0.2, 0.25) is 0 Å². The molecule has 4 rings (SSSR count). The number of Topliss-reactive ketones (excluding diaryl/α,β-unsaturated/α-hetero) is 2. The molecule has 0 radical (unpaired) electrons. The second-order valence-electron chi connectivity index (χ2n) is 9.90. The van der Waals surface area contributed by atoms with Gasteiger partial charge >= 0.3 is 5.97 Å². The first-order valence-corrected chi connectivity index (χ1v) is 10.6. The molecule has 0 saturated heterocycles. The fraction of sp³-hybridized carbons (Fsp3) is 0.783. The minimum atomic E-state index is -0.564. The molecule has 27 heavy (non-hydrogen) atoms. The molecule has 4 heteroatoms. The van der Waals surface area contributed by atoms with E-state index in [1.54, 1.807) is 6.92 Å². The van der Waals surface area contributed by atoms with Crippen LogP contribution in [-0.2, 0) is 19.1 Å². The Bertz CT molecular complexity index is 722. The highest BCUT2D eigenvalue weighted by Crippen LogP contribution is 2.65. The molecule has 0 unspecified atom stereocenters. The Morgan fingerprint density at radius 3 is 2.52 bits per heavy atom. The first kappa shape index (κ1) is 18.9. The number of hydrogen-bond acceptors (Lipinski definition) is 4. The molecule has 0 aromatic heterocycles. The lowest BCUT2D eigenvalue weighted by molar-refractivity contribution is -0.163. The summed E-state index contributed by atoms with van der Waals surface area (Å²) in [5.41, 5.74) is 0.350. The SMILES string of the molecule is CC(=O)O[C@H]1CC[C@@]2(C)[C@@H](CC[C@@H]3[C@H]4CC=C(C(C)=O)[C@@]4(C)C(=O)C[C@@H]32)C1. The molecule has 0 aromatic carbocycles. The molecule has 4 aliphatic carbocycles. The summed E-state index contributed by atoms with van der Waals surface area (Å²) in [5, 5.41) is 0. The fourth-order valence-electron chi connectivity index (χ4n) is 7.38. The van der Waals surface area contributed by atoms with E-state index in [2.05, 4.69) is 13.0 Å². The van der Waals surface area contributed by atoms with Gasteiger partial charge in [0.25, 0.3) is 0 Å². The summed E-state index contributed by atoms with van der Waals surface area (Å²) in [6.07, 6.45) is 8.72. The maximum absolute atomic E-state index is 13.3. The number of ether oxygens (including phenoxy) is 1. The molecule has 0 heterocycles. The number of esters is 1. The Morgan fingerprint density at radius 2 is 1.85 bits per heavy atom. The number of ketones is 2. The second-order valence-corrected chi connectivity index (χ2v) is 9.90. The number of carbonyl (C=O) groups excluding carboxylic acids is 3. The van der Waals surface area contributed by atoms with E-state index in [9.17, 15) is 14.4 Å². The van der Waals surface area contributed by atoms with E-state index in [4.69, 9.17) is 4.74 Å². The molecular weight excluding hydrogens is 340 g/mol. The van der Waals surface area contributed by atoms with Gasteiger partial charge in [-0.15, -0.1) is 0 Å². The monoisotopic (exact) mass is 372 g/mol. The molecule has 3 saturated carbocycles. The van der Waals surface area contributed by atoms with E-state index in [-0.39, 0.29) is 35.0 Å². The van der Waals surface area contributed by atoms with E-state index in [1.807, 2.05) is 6.92 Å². The van der Waals surface area contributed by atoms with Gasteiger partial charge in [0.05, 0.1) is 5.41 Å². The third kappa shape index (κ3) is 2.66. The lowest BCUT2D eigenvalue weighted by atomic mass is 9.44. The first-order valence-electron chi connectivity index (χ1n) is 10.6. The third-order valence-corrected chi connectivity index (χ3v) is 8.79. The standard InChI is InChI=1S/C23H32O4/c1-13(24)18-7-8-19-17-6-5-15-11-16(27-14(2)25)9-10-22(15,3)20(17)12-21(26)23(18,19)4/h7,15-17,19-20H,5-6,8-12H2,1-4H3/t15-,16-,17+,19+,20-,22-,23+/m0/s1. The molecule has 0 bridgehead atoms. The molecule has 4 nitrogen and oxygen atoms in total. The quantitative estimate of drug-likeness (QED) is 0.679. The van der Waals surface area contributed by atoms with Crippen molar-refractivity contribution in [3.8, 4) is 0 Å².